The van der Waals surface area contributed by atoms with Crippen LogP contribution in [0.4, 0.5) is 4.39 Å². The number of hydrogen-bond donors (Lipinski definition) is 0. The van der Waals surface area contributed by atoms with Crippen LogP contribution in [0.3, 0.4) is 0 Å². The molecule has 0 bridgehead atoms. The first-order valence-corrected chi connectivity index (χ1v) is 8.36. The number of methoxy groups -OCH3 is 2. The average molecular weight is 381 g/mol. The molecule has 0 aliphatic rings. The molecule has 0 saturated carbocycles. The first kappa shape index (κ1) is 17.7. The first-order chi connectivity index (χ1) is 13.6. The van der Waals surface area contributed by atoms with E-state index in [-0.39, 0.29) is 5.82 Å². The normalized spacial score (nSPS) is 10.8. The molecule has 0 amide bonds. The summed E-state index contributed by atoms with van der Waals surface area (Å²) in [6.07, 6.45) is 1.67. The van der Waals surface area contributed by atoms with Crippen LogP contribution in [0.1, 0.15) is 5.56 Å². The molecule has 4 aromatic rings. The molecule has 0 N–H and O–H groups in total. The van der Waals surface area contributed by atoms with Gasteiger partial charge < -0.3 is 14.0 Å². The number of ether oxygens (including phenoxy) is 2. The van der Waals surface area contributed by atoms with E-state index < -0.39 is 0 Å². The lowest BCUT2D eigenvalue weighted by molar-refractivity contribution is 0.393. The summed E-state index contributed by atoms with van der Waals surface area (Å²) in [6, 6.07) is 11.6. The monoisotopic (exact) mass is 381 g/mol. The fourth-order valence-corrected chi connectivity index (χ4v) is 2.68. The Labute approximate surface area is 159 Å². The first-order valence-electron chi connectivity index (χ1n) is 8.36. The Kier molecular flexibility index (Phi) is 4.71. The third-order valence-corrected chi connectivity index (χ3v) is 4.03. The molecule has 4 rings (SSSR count). The lowest BCUT2D eigenvalue weighted by Crippen LogP contribution is -2.00. The molecule has 142 valence electrons. The van der Waals surface area contributed by atoms with E-state index >= 15 is 0 Å². The molecule has 2 heterocycles. The van der Waals surface area contributed by atoms with Crippen molar-refractivity contribution in [2.45, 2.75) is 6.54 Å². The summed E-state index contributed by atoms with van der Waals surface area (Å²) < 4.78 is 30.8. The van der Waals surface area contributed by atoms with Crippen LogP contribution in [-0.4, -0.2) is 39.4 Å². The zero-order valence-electron chi connectivity index (χ0n) is 15.2. The van der Waals surface area contributed by atoms with Gasteiger partial charge in [0.05, 0.1) is 27.0 Å². The van der Waals surface area contributed by atoms with Gasteiger partial charge in [-0.05, 0) is 29.8 Å². The predicted molar refractivity (Wildman–Crippen MR) is 97.4 cm³/mol. The maximum absolute atomic E-state index is 13.3. The van der Waals surface area contributed by atoms with Gasteiger partial charge in [-0.15, -0.1) is 5.10 Å². The maximum atomic E-state index is 13.3. The smallest absolute Gasteiger partial charge is 0.258 e. The minimum atomic E-state index is -0.297. The summed E-state index contributed by atoms with van der Waals surface area (Å²) >= 11 is 0. The van der Waals surface area contributed by atoms with Crippen molar-refractivity contribution in [3.05, 3.63) is 60.0 Å². The van der Waals surface area contributed by atoms with E-state index in [4.69, 9.17) is 14.0 Å². The van der Waals surface area contributed by atoms with Gasteiger partial charge in [-0.25, -0.2) is 9.07 Å². The largest absolute Gasteiger partial charge is 0.497 e. The average Bonchev–Trinajstić information content (AvgIpc) is 3.37. The second-order valence-electron chi connectivity index (χ2n) is 5.96. The lowest BCUT2D eigenvalue weighted by Gasteiger charge is -2.05. The van der Waals surface area contributed by atoms with E-state index in [1.807, 2.05) is 6.07 Å². The minimum Gasteiger partial charge on any atom is -0.497 e. The number of halogens is 1. The zero-order chi connectivity index (χ0) is 19.5. The summed E-state index contributed by atoms with van der Waals surface area (Å²) in [6.45, 7) is 0.378. The molecule has 0 aliphatic carbocycles. The molecule has 0 saturated heterocycles. The Morgan fingerprint density at radius 1 is 1.07 bits per heavy atom. The van der Waals surface area contributed by atoms with Crippen LogP contribution in [0.2, 0.25) is 0 Å². The lowest BCUT2D eigenvalue weighted by atomic mass is 10.2. The Balaban J connectivity index is 1.57. The van der Waals surface area contributed by atoms with Gasteiger partial charge in [0.15, 0.2) is 5.69 Å². The molecule has 2 aromatic heterocycles. The third-order valence-electron chi connectivity index (χ3n) is 4.03. The summed E-state index contributed by atoms with van der Waals surface area (Å²) in [5.74, 6) is 1.51. The van der Waals surface area contributed by atoms with Gasteiger partial charge in [0, 0.05) is 11.6 Å². The minimum absolute atomic E-state index is 0.294. The van der Waals surface area contributed by atoms with Crippen LogP contribution in [0, 0.1) is 5.82 Å². The second kappa shape index (κ2) is 7.47. The van der Waals surface area contributed by atoms with Crippen LogP contribution < -0.4 is 9.47 Å². The van der Waals surface area contributed by atoms with Gasteiger partial charge >= 0.3 is 0 Å². The number of hydrogen-bond acceptors (Lipinski definition) is 7. The van der Waals surface area contributed by atoms with Crippen LogP contribution in [0.15, 0.2) is 53.2 Å². The van der Waals surface area contributed by atoms with Crippen molar-refractivity contribution in [3.8, 4) is 34.5 Å². The molecule has 8 nitrogen and oxygen atoms in total. The van der Waals surface area contributed by atoms with E-state index in [1.54, 1.807) is 49.4 Å². The fourth-order valence-electron chi connectivity index (χ4n) is 2.68. The SMILES string of the molecule is COc1cc(OC)cc(-c2nc(-c3cn(Cc4cccc(F)c4)nn3)no2)c1. The standard InChI is InChI=1S/C19H16FN5O3/c1-26-15-7-13(8-16(9-15)27-2)19-21-18(23-28-19)17-11-25(24-22-17)10-12-4-3-5-14(20)6-12/h3-9,11H,10H2,1-2H3. The Bertz CT molecular complexity index is 1090. The number of nitrogens with zero attached hydrogens (tertiary/aromatic N) is 5. The van der Waals surface area contributed by atoms with Crippen LogP contribution in [0.25, 0.3) is 23.0 Å². The van der Waals surface area contributed by atoms with E-state index in [0.29, 0.717) is 41.0 Å². The summed E-state index contributed by atoms with van der Waals surface area (Å²) in [5.41, 5.74) is 1.87. The molecule has 9 heteroatoms. The molecular weight excluding hydrogens is 365 g/mol. The highest BCUT2D eigenvalue weighted by atomic mass is 19.1. The predicted octanol–water partition coefficient (Wildman–Crippen LogP) is 3.20. The van der Waals surface area contributed by atoms with Gasteiger partial charge in [0.25, 0.3) is 5.89 Å². The maximum Gasteiger partial charge on any atom is 0.258 e. The second-order valence-corrected chi connectivity index (χ2v) is 5.96. The third kappa shape index (κ3) is 3.68. The fraction of sp³-hybridized carbons (Fsp3) is 0.158. The molecule has 0 atom stereocenters. The number of rotatable bonds is 6. The summed E-state index contributed by atoms with van der Waals surface area (Å²) in [7, 11) is 3.13. The van der Waals surface area contributed by atoms with E-state index in [2.05, 4.69) is 20.5 Å². The van der Waals surface area contributed by atoms with E-state index in [0.717, 1.165) is 5.56 Å². The Morgan fingerprint density at radius 2 is 1.86 bits per heavy atom. The molecule has 2 aromatic carbocycles. The van der Waals surface area contributed by atoms with Crippen molar-refractivity contribution in [3.63, 3.8) is 0 Å². The highest BCUT2D eigenvalue weighted by Crippen LogP contribution is 2.29. The summed E-state index contributed by atoms with van der Waals surface area (Å²) in [5, 5.41) is 12.1. The highest BCUT2D eigenvalue weighted by Gasteiger charge is 2.15. The van der Waals surface area contributed by atoms with Crippen LogP contribution in [0.5, 0.6) is 11.5 Å². The van der Waals surface area contributed by atoms with Crippen molar-refractivity contribution in [2.75, 3.05) is 14.2 Å². The quantitative estimate of drug-likeness (QED) is 0.507. The molecule has 28 heavy (non-hydrogen) atoms. The molecule has 0 aliphatic heterocycles. The number of aromatic nitrogens is 5. The van der Waals surface area contributed by atoms with Crippen molar-refractivity contribution >= 4 is 0 Å². The van der Waals surface area contributed by atoms with Crippen molar-refractivity contribution in [1.29, 1.82) is 0 Å². The van der Waals surface area contributed by atoms with E-state index in [1.165, 1.54) is 12.1 Å². The zero-order valence-corrected chi connectivity index (χ0v) is 15.2. The molecule has 0 unspecified atom stereocenters. The van der Waals surface area contributed by atoms with Gasteiger partial charge in [-0.3, -0.25) is 0 Å². The van der Waals surface area contributed by atoms with E-state index in [9.17, 15) is 4.39 Å². The topological polar surface area (TPSA) is 88.1 Å². The van der Waals surface area contributed by atoms with Gasteiger partial charge in [0.1, 0.15) is 17.3 Å². The van der Waals surface area contributed by atoms with Crippen LogP contribution in [-0.2, 0) is 6.54 Å². The van der Waals surface area contributed by atoms with Gasteiger partial charge in [-0.2, -0.15) is 4.98 Å². The molecule has 0 spiro atoms. The Hall–Kier alpha value is -3.75. The van der Waals surface area contributed by atoms with Crippen molar-refractivity contribution in [1.82, 2.24) is 25.1 Å². The molecule has 0 radical (unpaired) electrons. The molecular formula is C19H16FN5O3. The van der Waals surface area contributed by atoms with Crippen molar-refractivity contribution < 1.29 is 18.4 Å². The van der Waals surface area contributed by atoms with Gasteiger partial charge in [-0.1, -0.05) is 22.5 Å². The number of benzene rings is 2. The van der Waals surface area contributed by atoms with Gasteiger partial charge in [0.2, 0.25) is 5.82 Å². The van der Waals surface area contributed by atoms with Crippen LogP contribution >= 0.6 is 0 Å². The molecule has 0 fully saturated rings. The van der Waals surface area contributed by atoms with Crippen molar-refractivity contribution in [2.24, 2.45) is 0 Å². The Morgan fingerprint density at radius 3 is 2.57 bits per heavy atom. The highest BCUT2D eigenvalue weighted by molar-refractivity contribution is 5.61. The summed E-state index contributed by atoms with van der Waals surface area (Å²) in [4.78, 5) is 4.37.